The first kappa shape index (κ1) is 25.9. The third-order valence-electron chi connectivity index (χ3n) is 7.10. The highest BCUT2D eigenvalue weighted by Gasteiger charge is 2.64. The fourth-order valence-electron chi connectivity index (χ4n) is 5.74. The van der Waals surface area contributed by atoms with Crippen molar-refractivity contribution >= 4 is 26.1 Å². The Hall–Kier alpha value is -2.75. The van der Waals surface area contributed by atoms with Crippen molar-refractivity contribution in [1.82, 2.24) is 0 Å². The maximum Gasteiger partial charge on any atom is 0.197 e. The summed E-state index contributed by atoms with van der Waals surface area (Å²) < 4.78 is 30.2. The third-order valence-corrected chi connectivity index (χ3v) is 11.7. The van der Waals surface area contributed by atoms with Gasteiger partial charge in [0.25, 0.3) is 0 Å². The van der Waals surface area contributed by atoms with Crippen molar-refractivity contribution in [2.75, 3.05) is 0 Å². The number of benzene rings is 4. The fraction of sp³-hybridized carbons (Fsp3) is 0.250. The molecule has 1 aliphatic heterocycles. The van der Waals surface area contributed by atoms with Gasteiger partial charge in [-0.25, -0.2) is 0 Å². The smallest absolute Gasteiger partial charge is 0.197 e. The highest BCUT2D eigenvalue weighted by atomic mass is 31.2. The molecule has 1 fully saturated rings. The SMILES string of the molecule is CC1[C@@H](c2ccccc2)O[C@@](O[Si](C)(C)C)(c2ccccc2)[C@@H]1P(=O)(c1ccccc1)c1ccccc1. The zero-order valence-corrected chi connectivity index (χ0v) is 23.8. The first-order chi connectivity index (χ1) is 17.8. The molecular weight excluding hydrogens is 491 g/mol. The van der Waals surface area contributed by atoms with Gasteiger partial charge in [-0.1, -0.05) is 128 Å². The van der Waals surface area contributed by atoms with Gasteiger partial charge in [0, 0.05) is 22.1 Å². The van der Waals surface area contributed by atoms with Gasteiger partial charge in [0.15, 0.2) is 21.2 Å². The molecule has 5 rings (SSSR count). The largest absolute Gasteiger partial charge is 0.387 e. The summed E-state index contributed by atoms with van der Waals surface area (Å²) in [5.74, 6) is -1.27. The fourth-order valence-corrected chi connectivity index (χ4v) is 10.8. The van der Waals surface area contributed by atoms with Crippen molar-refractivity contribution < 1.29 is 13.7 Å². The van der Waals surface area contributed by atoms with Crippen molar-refractivity contribution in [2.45, 2.75) is 44.1 Å². The molecular formula is C32H35O3PSi. The number of hydrogen-bond donors (Lipinski definition) is 0. The summed E-state index contributed by atoms with van der Waals surface area (Å²) in [6, 6.07) is 40.3. The third kappa shape index (κ3) is 4.80. The van der Waals surface area contributed by atoms with Crippen LogP contribution in [0.5, 0.6) is 0 Å². The van der Waals surface area contributed by atoms with Crippen LogP contribution in [0.2, 0.25) is 19.6 Å². The standard InChI is InChI=1S/C32H35O3PSi/c1-25-30(26-17-9-5-10-18-26)34-32(35-37(2,3)4,27-19-11-6-12-20-27)31(25)36(33,28-21-13-7-14-22-28)29-23-15-8-16-24-29/h5-25,30-31H,1-4H3/t25?,30-,31+,32+/m0/s1. The van der Waals surface area contributed by atoms with Crippen molar-refractivity contribution in [3.05, 3.63) is 132 Å². The second-order valence-corrected chi connectivity index (χ2v) is 18.2. The van der Waals surface area contributed by atoms with Gasteiger partial charge in [-0.2, -0.15) is 0 Å². The van der Waals surface area contributed by atoms with Crippen LogP contribution in [0, 0.1) is 5.92 Å². The van der Waals surface area contributed by atoms with Gasteiger partial charge in [-0.05, 0) is 25.2 Å². The molecule has 4 atom stereocenters. The van der Waals surface area contributed by atoms with Crippen molar-refractivity contribution in [1.29, 1.82) is 0 Å². The molecule has 4 aromatic rings. The topological polar surface area (TPSA) is 35.5 Å². The van der Waals surface area contributed by atoms with Gasteiger partial charge in [0.1, 0.15) is 0 Å². The second kappa shape index (κ2) is 10.2. The van der Waals surface area contributed by atoms with E-state index in [4.69, 9.17) is 9.16 Å². The minimum Gasteiger partial charge on any atom is -0.387 e. The lowest BCUT2D eigenvalue weighted by atomic mass is 9.92. The maximum absolute atomic E-state index is 15.9. The van der Waals surface area contributed by atoms with Crippen LogP contribution >= 0.6 is 7.14 Å². The molecule has 37 heavy (non-hydrogen) atoms. The highest BCUT2D eigenvalue weighted by Crippen LogP contribution is 2.66. The summed E-state index contributed by atoms with van der Waals surface area (Å²) in [5, 5.41) is 1.66. The van der Waals surface area contributed by atoms with Crippen LogP contribution in [0.1, 0.15) is 24.2 Å². The van der Waals surface area contributed by atoms with Gasteiger partial charge in [0.05, 0.1) is 11.8 Å². The van der Waals surface area contributed by atoms with Gasteiger partial charge < -0.3 is 13.7 Å². The van der Waals surface area contributed by atoms with Crippen LogP contribution in [0.3, 0.4) is 0 Å². The molecule has 1 heterocycles. The van der Waals surface area contributed by atoms with Gasteiger partial charge in [-0.3, -0.25) is 0 Å². The monoisotopic (exact) mass is 526 g/mol. The molecule has 0 spiro atoms. The summed E-state index contributed by atoms with van der Waals surface area (Å²) >= 11 is 0. The molecule has 0 amide bonds. The minimum absolute atomic E-state index is 0.0924. The quantitative estimate of drug-likeness (QED) is 0.185. The minimum atomic E-state index is -3.29. The molecule has 4 aromatic carbocycles. The van der Waals surface area contributed by atoms with E-state index in [-0.39, 0.29) is 12.0 Å². The van der Waals surface area contributed by atoms with Gasteiger partial charge in [0.2, 0.25) is 0 Å². The van der Waals surface area contributed by atoms with E-state index in [2.05, 4.69) is 50.8 Å². The molecule has 3 nitrogen and oxygen atoms in total. The summed E-state index contributed by atoms with van der Waals surface area (Å²) in [7, 11) is -5.49. The molecule has 0 aromatic heterocycles. The predicted octanol–water partition coefficient (Wildman–Crippen LogP) is 7.48. The van der Waals surface area contributed by atoms with Crippen molar-refractivity contribution in [3.63, 3.8) is 0 Å². The zero-order valence-electron chi connectivity index (χ0n) is 22.0. The Morgan fingerprint density at radius 1 is 0.703 bits per heavy atom. The molecule has 0 saturated carbocycles. The van der Waals surface area contributed by atoms with E-state index in [1.54, 1.807) is 0 Å². The first-order valence-corrected chi connectivity index (χ1v) is 18.1. The molecule has 1 unspecified atom stereocenters. The van der Waals surface area contributed by atoms with E-state index in [1.165, 1.54) is 0 Å². The lowest BCUT2D eigenvalue weighted by Gasteiger charge is -2.43. The normalized spacial score (nSPS) is 24.2. The molecule has 1 aliphatic rings. The van der Waals surface area contributed by atoms with E-state index in [0.29, 0.717) is 0 Å². The predicted molar refractivity (Wildman–Crippen MR) is 156 cm³/mol. The second-order valence-electron chi connectivity index (χ2n) is 10.8. The molecule has 0 N–H and O–H groups in total. The van der Waals surface area contributed by atoms with Crippen LogP contribution in [-0.4, -0.2) is 14.0 Å². The number of hydrogen-bond acceptors (Lipinski definition) is 3. The van der Waals surface area contributed by atoms with E-state index >= 15 is 4.57 Å². The van der Waals surface area contributed by atoms with E-state index < -0.39 is 26.9 Å². The van der Waals surface area contributed by atoms with E-state index in [9.17, 15) is 0 Å². The Morgan fingerprint density at radius 2 is 1.14 bits per heavy atom. The Kier molecular flexibility index (Phi) is 7.13. The maximum atomic E-state index is 15.9. The van der Waals surface area contributed by atoms with Crippen LogP contribution in [0.4, 0.5) is 0 Å². The highest BCUT2D eigenvalue weighted by molar-refractivity contribution is 7.79. The van der Waals surface area contributed by atoms with Crippen molar-refractivity contribution in [2.24, 2.45) is 5.92 Å². The van der Waals surface area contributed by atoms with Gasteiger partial charge >= 0.3 is 0 Å². The average Bonchev–Trinajstić information content (AvgIpc) is 3.22. The average molecular weight is 527 g/mol. The van der Waals surface area contributed by atoms with Crippen molar-refractivity contribution in [3.8, 4) is 0 Å². The number of rotatable bonds is 7. The number of ether oxygens (including phenoxy) is 1. The molecule has 1 saturated heterocycles. The lowest BCUT2D eigenvalue weighted by Crippen LogP contribution is -2.50. The Morgan fingerprint density at radius 3 is 1.59 bits per heavy atom. The summed E-state index contributed by atoms with van der Waals surface area (Å²) in [4.78, 5) is 0. The Balaban J connectivity index is 1.84. The Bertz CT molecular complexity index is 1310. The van der Waals surface area contributed by atoms with Crippen LogP contribution in [0.25, 0.3) is 0 Å². The molecule has 190 valence electrons. The Labute approximate surface area is 222 Å². The molecule has 5 heteroatoms. The van der Waals surface area contributed by atoms with Crippen LogP contribution in [-0.2, 0) is 19.5 Å². The van der Waals surface area contributed by atoms with Gasteiger partial charge in [-0.15, -0.1) is 0 Å². The van der Waals surface area contributed by atoms with E-state index in [1.807, 2.05) is 97.1 Å². The molecule has 0 radical (unpaired) electrons. The summed E-state index contributed by atoms with van der Waals surface area (Å²) in [5.41, 5.74) is 1.55. The van der Waals surface area contributed by atoms with Crippen LogP contribution < -0.4 is 10.6 Å². The zero-order chi connectivity index (χ0) is 26.1. The van der Waals surface area contributed by atoms with E-state index in [0.717, 1.165) is 21.7 Å². The first-order valence-electron chi connectivity index (χ1n) is 13.0. The summed E-state index contributed by atoms with van der Waals surface area (Å²) in [6.07, 6.45) is -0.275. The lowest BCUT2D eigenvalue weighted by molar-refractivity contribution is -0.186. The molecule has 0 bridgehead atoms. The van der Waals surface area contributed by atoms with Crippen LogP contribution in [0.15, 0.2) is 121 Å². The molecule has 0 aliphatic carbocycles. The summed E-state index contributed by atoms with van der Waals surface area (Å²) in [6.45, 7) is 8.71.